The summed E-state index contributed by atoms with van der Waals surface area (Å²) in [5, 5.41) is 5.66. The number of carbonyl (C=O) groups excluding carboxylic acids is 2. The van der Waals surface area contributed by atoms with E-state index in [9.17, 15) is 9.59 Å². The first kappa shape index (κ1) is 23.2. The van der Waals surface area contributed by atoms with Gasteiger partial charge in [0, 0.05) is 30.9 Å². The quantitative estimate of drug-likeness (QED) is 0.560. The van der Waals surface area contributed by atoms with Crippen LogP contribution in [0, 0.1) is 0 Å². The number of amides is 3. The summed E-state index contributed by atoms with van der Waals surface area (Å²) in [7, 11) is 1.67. The summed E-state index contributed by atoms with van der Waals surface area (Å²) in [6.07, 6.45) is 0.00922. The number of ether oxygens (including phenoxy) is 3. The average molecular weight is 443 g/mol. The van der Waals surface area contributed by atoms with Crippen molar-refractivity contribution in [1.29, 1.82) is 0 Å². The average Bonchev–Trinajstić information content (AvgIpc) is 3.28. The van der Waals surface area contributed by atoms with E-state index in [1.807, 2.05) is 38.1 Å². The molecule has 0 saturated carbocycles. The van der Waals surface area contributed by atoms with Gasteiger partial charge in [-0.2, -0.15) is 0 Å². The second-order valence-corrected chi connectivity index (χ2v) is 7.53. The van der Waals surface area contributed by atoms with Crippen LogP contribution < -0.4 is 26.0 Å². The van der Waals surface area contributed by atoms with Gasteiger partial charge in [-0.25, -0.2) is 9.59 Å². The van der Waals surface area contributed by atoms with Gasteiger partial charge in [-0.15, -0.1) is 0 Å². The summed E-state index contributed by atoms with van der Waals surface area (Å²) >= 11 is 0. The van der Waals surface area contributed by atoms with Crippen LogP contribution in [0.15, 0.2) is 42.5 Å². The Morgan fingerprint density at radius 1 is 1.28 bits per heavy atom. The number of nitrogens with zero attached hydrogens (tertiary/aromatic N) is 1. The van der Waals surface area contributed by atoms with E-state index in [1.165, 1.54) is 4.90 Å². The molecule has 0 radical (unpaired) electrons. The smallest absolute Gasteiger partial charge is 0.407 e. The maximum Gasteiger partial charge on any atom is 0.407 e. The molecule has 2 aromatic rings. The van der Waals surface area contributed by atoms with Gasteiger partial charge in [0.15, 0.2) is 0 Å². The Bertz CT molecular complexity index is 946. The number of urea groups is 1. The van der Waals surface area contributed by atoms with E-state index >= 15 is 0 Å². The Balaban J connectivity index is 1.62. The fourth-order valence-electron chi connectivity index (χ4n) is 3.27. The molecule has 3 amide bonds. The minimum atomic E-state index is -0.488. The molecule has 9 nitrogen and oxygen atoms in total. The van der Waals surface area contributed by atoms with Gasteiger partial charge in [0.2, 0.25) is 0 Å². The van der Waals surface area contributed by atoms with E-state index in [0.717, 1.165) is 5.56 Å². The zero-order valence-electron chi connectivity index (χ0n) is 18.6. The molecule has 2 aromatic carbocycles. The minimum Gasteiger partial charge on any atom is -0.492 e. The summed E-state index contributed by atoms with van der Waals surface area (Å²) in [5.74, 6) is 0.519. The molecule has 4 N–H and O–H groups in total. The van der Waals surface area contributed by atoms with Crippen LogP contribution >= 0.6 is 0 Å². The molecule has 1 aliphatic heterocycles. The number of nitrogens with one attached hydrogen (secondary N) is 2. The van der Waals surface area contributed by atoms with E-state index in [4.69, 9.17) is 19.9 Å². The lowest BCUT2D eigenvalue weighted by molar-refractivity contribution is 0.0812. The maximum absolute atomic E-state index is 12.8. The number of rotatable bonds is 7. The molecule has 3 rings (SSSR count). The summed E-state index contributed by atoms with van der Waals surface area (Å²) in [6, 6.07) is 11.8. The zero-order valence-corrected chi connectivity index (χ0v) is 18.6. The highest BCUT2D eigenvalue weighted by atomic mass is 16.6. The number of alkyl carbamates (subject to hydrolysis) is 1. The zero-order chi connectivity index (χ0) is 23.1. The highest BCUT2D eigenvalue weighted by Crippen LogP contribution is 2.26. The van der Waals surface area contributed by atoms with E-state index in [0.29, 0.717) is 49.1 Å². The van der Waals surface area contributed by atoms with Gasteiger partial charge in [0.1, 0.15) is 11.9 Å². The summed E-state index contributed by atoms with van der Waals surface area (Å²) in [5.41, 5.74) is 8.48. The monoisotopic (exact) mass is 442 g/mol. The van der Waals surface area contributed by atoms with Gasteiger partial charge in [-0.3, -0.25) is 4.90 Å². The van der Waals surface area contributed by atoms with Crippen LogP contribution in [-0.4, -0.2) is 45.1 Å². The van der Waals surface area contributed by atoms with Gasteiger partial charge in [-0.1, -0.05) is 12.1 Å². The summed E-state index contributed by atoms with van der Waals surface area (Å²) in [4.78, 5) is 26.4. The van der Waals surface area contributed by atoms with Crippen molar-refractivity contribution in [3.8, 4) is 5.75 Å². The first-order valence-electron chi connectivity index (χ1n) is 10.6. The Kier molecular flexibility index (Phi) is 7.77. The fourth-order valence-corrected chi connectivity index (χ4v) is 3.27. The molecule has 1 aliphatic rings. The number of nitrogen functional groups attached to an aromatic ring is 1. The third-order valence-corrected chi connectivity index (χ3v) is 5.12. The van der Waals surface area contributed by atoms with E-state index in [2.05, 4.69) is 10.6 Å². The highest BCUT2D eigenvalue weighted by Gasteiger charge is 2.21. The van der Waals surface area contributed by atoms with Gasteiger partial charge in [0.05, 0.1) is 31.5 Å². The second-order valence-electron chi connectivity index (χ2n) is 7.53. The Hall–Kier alpha value is -3.46. The molecule has 172 valence electrons. The van der Waals surface area contributed by atoms with Crippen LogP contribution in [-0.2, 0) is 9.47 Å². The molecule has 0 spiro atoms. The normalized spacial score (nSPS) is 16.2. The van der Waals surface area contributed by atoms with Crippen LogP contribution in [0.3, 0.4) is 0 Å². The number of nitrogens with two attached hydrogens (primary N) is 1. The van der Waals surface area contributed by atoms with Crippen molar-refractivity contribution in [3.05, 3.63) is 48.0 Å². The number of anilines is 3. The SMILES string of the molecule is CCOc1cc(NC(=O)N(C)c2cccc([C@H](C)NC(=O)O[C@H]3CCOC3)c2)ccc1N. The molecule has 0 unspecified atom stereocenters. The Morgan fingerprint density at radius 2 is 2.09 bits per heavy atom. The van der Waals surface area contributed by atoms with Crippen molar-refractivity contribution in [2.45, 2.75) is 32.4 Å². The third kappa shape index (κ3) is 6.04. The lowest BCUT2D eigenvalue weighted by atomic mass is 10.1. The molecule has 1 fully saturated rings. The van der Waals surface area contributed by atoms with Crippen molar-refractivity contribution >= 4 is 29.2 Å². The van der Waals surface area contributed by atoms with Crippen molar-refractivity contribution in [1.82, 2.24) is 5.32 Å². The van der Waals surface area contributed by atoms with Gasteiger partial charge in [-0.05, 0) is 43.7 Å². The summed E-state index contributed by atoms with van der Waals surface area (Å²) < 4.78 is 16.0. The molecule has 0 bridgehead atoms. The van der Waals surface area contributed by atoms with Crippen LogP contribution in [0.4, 0.5) is 26.7 Å². The second kappa shape index (κ2) is 10.7. The summed E-state index contributed by atoms with van der Waals surface area (Å²) in [6.45, 7) is 5.23. The van der Waals surface area contributed by atoms with Crippen LogP contribution in [0.25, 0.3) is 0 Å². The highest BCUT2D eigenvalue weighted by molar-refractivity contribution is 6.01. The first-order chi connectivity index (χ1) is 15.4. The molecule has 2 atom stereocenters. The molecule has 1 heterocycles. The van der Waals surface area contributed by atoms with Crippen molar-refractivity contribution in [3.63, 3.8) is 0 Å². The van der Waals surface area contributed by atoms with Gasteiger partial charge in [0.25, 0.3) is 0 Å². The Labute approximate surface area is 187 Å². The maximum atomic E-state index is 12.8. The predicted molar refractivity (Wildman–Crippen MR) is 123 cm³/mol. The standard InChI is InChI=1S/C23H30N4O5/c1-4-31-21-13-17(8-9-20(21)24)26-22(28)27(3)18-7-5-6-16(12-18)15(2)25-23(29)32-19-10-11-30-14-19/h5-9,12-13,15,19H,4,10-11,14,24H2,1-3H3,(H,25,29)(H,26,28)/t15-,19-/m0/s1. The number of carbonyl (C=O) groups is 2. The van der Waals surface area contributed by atoms with Crippen molar-refractivity contribution in [2.75, 3.05) is 42.8 Å². The predicted octanol–water partition coefficient (Wildman–Crippen LogP) is 3.91. The molecular weight excluding hydrogens is 412 g/mol. The van der Waals surface area contributed by atoms with E-state index in [-0.39, 0.29) is 18.2 Å². The van der Waals surface area contributed by atoms with Gasteiger partial charge >= 0.3 is 12.1 Å². The fraction of sp³-hybridized carbons (Fsp3) is 0.391. The lowest BCUT2D eigenvalue weighted by Crippen LogP contribution is -2.32. The largest absolute Gasteiger partial charge is 0.492 e. The Morgan fingerprint density at radius 3 is 2.81 bits per heavy atom. The van der Waals surface area contributed by atoms with Crippen molar-refractivity contribution < 1.29 is 23.8 Å². The number of hydrogen-bond donors (Lipinski definition) is 3. The van der Waals surface area contributed by atoms with E-state index in [1.54, 1.807) is 25.2 Å². The number of benzene rings is 2. The minimum absolute atomic E-state index is 0.208. The van der Waals surface area contributed by atoms with Gasteiger partial charge < -0.3 is 30.6 Å². The topological polar surface area (TPSA) is 115 Å². The van der Waals surface area contributed by atoms with Crippen LogP contribution in [0.2, 0.25) is 0 Å². The van der Waals surface area contributed by atoms with Crippen molar-refractivity contribution in [2.24, 2.45) is 0 Å². The number of hydrogen-bond acceptors (Lipinski definition) is 6. The van der Waals surface area contributed by atoms with Crippen LogP contribution in [0.5, 0.6) is 5.75 Å². The molecular formula is C23H30N4O5. The third-order valence-electron chi connectivity index (χ3n) is 5.12. The molecule has 9 heteroatoms. The molecule has 0 aliphatic carbocycles. The molecule has 1 saturated heterocycles. The molecule has 32 heavy (non-hydrogen) atoms. The first-order valence-corrected chi connectivity index (χ1v) is 10.6. The lowest BCUT2D eigenvalue weighted by Gasteiger charge is -2.21. The molecule has 0 aromatic heterocycles. The van der Waals surface area contributed by atoms with Crippen LogP contribution in [0.1, 0.15) is 31.9 Å². The van der Waals surface area contributed by atoms with E-state index < -0.39 is 6.09 Å².